The molecule has 1 aromatic carbocycles. The van der Waals surface area contributed by atoms with Crippen LogP contribution in [-0.4, -0.2) is 68.7 Å². The largest absolute Gasteiger partial charge is 0.484 e. The van der Waals surface area contributed by atoms with Gasteiger partial charge in [-0.15, -0.1) is 0 Å². The summed E-state index contributed by atoms with van der Waals surface area (Å²) >= 11 is 5.77. The van der Waals surface area contributed by atoms with Crippen LogP contribution in [0.5, 0.6) is 5.75 Å². The number of rotatable bonds is 6. The molecule has 0 saturated carbocycles. The fraction of sp³-hybridized carbons (Fsp3) is 0.471. The lowest BCUT2D eigenvalue weighted by molar-refractivity contribution is -0.896. The van der Waals surface area contributed by atoms with Crippen LogP contribution in [0.15, 0.2) is 24.3 Å². The average molecular weight is 400 g/mol. The second kappa shape index (κ2) is 10.6. The Bertz CT molecular complexity index is 647. The summed E-state index contributed by atoms with van der Waals surface area (Å²) in [5.41, 5.74) is 4.67. The van der Waals surface area contributed by atoms with E-state index in [4.69, 9.17) is 21.1 Å². The predicted octanol–water partition coefficient (Wildman–Crippen LogP) is -0.777. The summed E-state index contributed by atoms with van der Waals surface area (Å²) < 4.78 is 10.2. The highest BCUT2D eigenvalue weighted by Gasteiger charge is 2.25. The summed E-state index contributed by atoms with van der Waals surface area (Å²) in [5.74, 6) is -0.278. The number of nitrogens with one attached hydrogen (secondary N) is 3. The molecule has 148 valence electrons. The van der Waals surface area contributed by atoms with Crippen molar-refractivity contribution < 1.29 is 28.8 Å². The zero-order chi connectivity index (χ0) is 19.6. The number of quaternary nitrogens is 1. The first-order chi connectivity index (χ1) is 13.0. The number of carbonyl (C=O) groups excluding carboxylic acids is 3. The number of halogens is 1. The molecule has 0 bridgehead atoms. The zero-order valence-corrected chi connectivity index (χ0v) is 15.9. The first kappa shape index (κ1) is 20.8. The Kier molecular flexibility index (Phi) is 8.15. The molecule has 0 aromatic heterocycles. The molecular weight excluding hydrogens is 376 g/mol. The lowest BCUT2D eigenvalue weighted by atomic mass is 10.3. The maximum Gasteiger partial charge on any atom is 0.410 e. The van der Waals surface area contributed by atoms with Gasteiger partial charge in [0, 0.05) is 5.02 Å². The van der Waals surface area contributed by atoms with E-state index in [0.29, 0.717) is 43.6 Å². The summed E-state index contributed by atoms with van der Waals surface area (Å²) in [4.78, 5) is 37.9. The molecule has 1 aromatic rings. The molecule has 1 aliphatic heterocycles. The van der Waals surface area contributed by atoms with Gasteiger partial charge in [-0.05, 0) is 31.2 Å². The van der Waals surface area contributed by atoms with E-state index in [1.807, 2.05) is 0 Å². The Hall–Kier alpha value is -2.52. The number of amides is 3. The second-order valence-corrected chi connectivity index (χ2v) is 6.39. The van der Waals surface area contributed by atoms with E-state index in [9.17, 15) is 14.4 Å². The molecular formula is C17H24ClN4O5+. The zero-order valence-electron chi connectivity index (χ0n) is 15.1. The van der Waals surface area contributed by atoms with Crippen LogP contribution < -0.4 is 20.5 Å². The van der Waals surface area contributed by atoms with Gasteiger partial charge in [-0.3, -0.25) is 25.3 Å². The molecule has 2 rings (SSSR count). The van der Waals surface area contributed by atoms with Gasteiger partial charge in [0.2, 0.25) is 0 Å². The van der Waals surface area contributed by atoms with Gasteiger partial charge < -0.3 is 14.4 Å². The first-order valence-corrected chi connectivity index (χ1v) is 9.07. The number of ether oxygens (including phenoxy) is 2. The Morgan fingerprint density at radius 3 is 2.37 bits per heavy atom. The van der Waals surface area contributed by atoms with Crippen molar-refractivity contribution >= 4 is 29.5 Å². The van der Waals surface area contributed by atoms with Gasteiger partial charge in [-0.2, -0.15) is 0 Å². The Balaban J connectivity index is 1.61. The highest BCUT2D eigenvalue weighted by molar-refractivity contribution is 6.30. The molecule has 1 saturated heterocycles. The molecule has 0 aliphatic carbocycles. The highest BCUT2D eigenvalue weighted by atomic mass is 35.5. The third-order valence-electron chi connectivity index (χ3n) is 3.93. The van der Waals surface area contributed by atoms with Gasteiger partial charge in [0.25, 0.3) is 11.8 Å². The van der Waals surface area contributed by atoms with Gasteiger partial charge in [0.1, 0.15) is 5.75 Å². The number of hydrazine groups is 1. The van der Waals surface area contributed by atoms with Crippen LogP contribution in [-0.2, 0) is 14.3 Å². The van der Waals surface area contributed by atoms with Crippen molar-refractivity contribution in [3.05, 3.63) is 29.3 Å². The maximum atomic E-state index is 11.9. The summed E-state index contributed by atoms with van der Waals surface area (Å²) in [7, 11) is 0. The molecule has 3 amide bonds. The van der Waals surface area contributed by atoms with Crippen molar-refractivity contribution in [3.63, 3.8) is 0 Å². The van der Waals surface area contributed by atoms with Crippen molar-refractivity contribution in [3.8, 4) is 5.75 Å². The van der Waals surface area contributed by atoms with Crippen LogP contribution in [0.4, 0.5) is 4.79 Å². The summed E-state index contributed by atoms with van der Waals surface area (Å²) in [5, 5.41) is 0.574. The molecule has 1 aliphatic rings. The maximum absolute atomic E-state index is 11.9. The quantitative estimate of drug-likeness (QED) is 0.545. The van der Waals surface area contributed by atoms with E-state index in [-0.39, 0.29) is 25.2 Å². The van der Waals surface area contributed by atoms with Gasteiger partial charge in [0.05, 0.1) is 32.8 Å². The Morgan fingerprint density at radius 2 is 1.74 bits per heavy atom. The standard InChI is InChI=1S/C17H23ClN4O5/c1-2-26-17(25)22-9-7-21(8-10-22)11-15(23)19-20-16(24)12-27-14-5-3-13(18)4-6-14/h3-6H,2,7-12H2,1H3,(H,19,23)(H,20,24)/p+1. The monoisotopic (exact) mass is 399 g/mol. The van der Waals surface area contributed by atoms with Crippen LogP contribution in [0, 0.1) is 0 Å². The molecule has 27 heavy (non-hydrogen) atoms. The number of nitrogens with zero attached hydrogens (tertiary/aromatic N) is 1. The van der Waals surface area contributed by atoms with E-state index in [0.717, 1.165) is 4.90 Å². The number of hydrogen-bond acceptors (Lipinski definition) is 5. The molecule has 0 unspecified atom stereocenters. The van der Waals surface area contributed by atoms with Gasteiger partial charge >= 0.3 is 6.09 Å². The fourth-order valence-electron chi connectivity index (χ4n) is 2.52. The lowest BCUT2D eigenvalue weighted by Crippen LogP contribution is -3.16. The van der Waals surface area contributed by atoms with E-state index in [1.54, 1.807) is 36.1 Å². The highest BCUT2D eigenvalue weighted by Crippen LogP contribution is 2.15. The molecule has 10 heteroatoms. The van der Waals surface area contributed by atoms with E-state index in [1.165, 1.54) is 0 Å². The van der Waals surface area contributed by atoms with Crippen LogP contribution >= 0.6 is 11.6 Å². The minimum absolute atomic E-state index is 0.203. The minimum atomic E-state index is -0.472. The van der Waals surface area contributed by atoms with E-state index >= 15 is 0 Å². The van der Waals surface area contributed by atoms with Crippen molar-refractivity contribution in [2.24, 2.45) is 0 Å². The number of piperazine rings is 1. The molecule has 1 heterocycles. The van der Waals surface area contributed by atoms with Crippen LogP contribution in [0.25, 0.3) is 0 Å². The SMILES string of the molecule is CCOC(=O)N1CC[NH+](CC(=O)NNC(=O)COc2ccc(Cl)cc2)CC1. The Morgan fingerprint density at radius 1 is 1.11 bits per heavy atom. The Labute approximate surface area is 162 Å². The second-order valence-electron chi connectivity index (χ2n) is 5.95. The lowest BCUT2D eigenvalue weighted by Gasteiger charge is -2.31. The normalized spacial score (nSPS) is 14.4. The van der Waals surface area contributed by atoms with Crippen LogP contribution in [0.2, 0.25) is 5.02 Å². The van der Waals surface area contributed by atoms with E-state index in [2.05, 4.69) is 10.9 Å². The third-order valence-corrected chi connectivity index (χ3v) is 4.18. The van der Waals surface area contributed by atoms with Crippen LogP contribution in [0.1, 0.15) is 6.92 Å². The number of carbonyl (C=O) groups is 3. The average Bonchev–Trinajstić information content (AvgIpc) is 2.66. The molecule has 1 fully saturated rings. The van der Waals surface area contributed by atoms with Crippen molar-refractivity contribution in [2.45, 2.75) is 6.92 Å². The van der Waals surface area contributed by atoms with Gasteiger partial charge in [-0.1, -0.05) is 11.6 Å². The smallest absolute Gasteiger partial charge is 0.410 e. The molecule has 3 N–H and O–H groups in total. The molecule has 0 radical (unpaired) electrons. The minimum Gasteiger partial charge on any atom is -0.484 e. The first-order valence-electron chi connectivity index (χ1n) is 8.69. The number of benzene rings is 1. The predicted molar refractivity (Wildman–Crippen MR) is 97.4 cm³/mol. The molecule has 9 nitrogen and oxygen atoms in total. The van der Waals surface area contributed by atoms with Crippen molar-refractivity contribution in [2.75, 3.05) is 45.9 Å². The van der Waals surface area contributed by atoms with Gasteiger partial charge in [-0.25, -0.2) is 4.79 Å². The third kappa shape index (κ3) is 7.32. The van der Waals surface area contributed by atoms with Crippen molar-refractivity contribution in [1.29, 1.82) is 0 Å². The number of hydrogen-bond donors (Lipinski definition) is 3. The summed E-state index contributed by atoms with van der Waals surface area (Å²) in [6.07, 6.45) is -0.325. The fourth-order valence-corrected chi connectivity index (χ4v) is 2.65. The molecule has 0 spiro atoms. The summed E-state index contributed by atoms with van der Waals surface area (Å²) in [6, 6.07) is 6.60. The summed E-state index contributed by atoms with van der Waals surface area (Å²) in [6.45, 7) is 4.42. The van der Waals surface area contributed by atoms with E-state index < -0.39 is 5.91 Å². The van der Waals surface area contributed by atoms with Crippen molar-refractivity contribution in [1.82, 2.24) is 15.8 Å². The topological polar surface area (TPSA) is 101 Å². The molecule has 0 atom stereocenters. The van der Waals surface area contributed by atoms with Crippen LogP contribution in [0.3, 0.4) is 0 Å². The van der Waals surface area contributed by atoms with Gasteiger partial charge in [0.15, 0.2) is 13.2 Å².